The maximum Gasteiger partial charge on any atom is 0.226 e. The Kier molecular flexibility index (Phi) is 3.44. The summed E-state index contributed by atoms with van der Waals surface area (Å²) in [7, 11) is 0. The van der Waals surface area contributed by atoms with Gasteiger partial charge in [-0.15, -0.1) is 0 Å². The predicted octanol–water partition coefficient (Wildman–Crippen LogP) is 2.77. The van der Waals surface area contributed by atoms with Gasteiger partial charge in [0.1, 0.15) is 31.3 Å². The molecule has 0 fully saturated rings. The second-order valence-electron chi connectivity index (χ2n) is 6.39. The third-order valence-corrected chi connectivity index (χ3v) is 4.74. The first-order chi connectivity index (χ1) is 12.8. The van der Waals surface area contributed by atoms with Crippen molar-refractivity contribution < 1.29 is 18.7 Å². The summed E-state index contributed by atoms with van der Waals surface area (Å²) in [6.07, 6.45) is 3.82. The fourth-order valence-corrected chi connectivity index (χ4v) is 3.51. The Morgan fingerprint density at radius 1 is 1.19 bits per heavy atom. The Labute approximate surface area is 149 Å². The third-order valence-electron chi connectivity index (χ3n) is 4.74. The number of hydrogen-bond acceptors (Lipinski definition) is 5. The van der Waals surface area contributed by atoms with Gasteiger partial charge in [0.05, 0.1) is 12.5 Å². The molecule has 4 heterocycles. The highest BCUT2D eigenvalue weighted by Crippen LogP contribution is 2.40. The van der Waals surface area contributed by atoms with E-state index >= 15 is 0 Å². The zero-order chi connectivity index (χ0) is 17.5. The number of furan rings is 1. The lowest BCUT2D eigenvalue weighted by Gasteiger charge is -2.25. The molecule has 132 valence electrons. The van der Waals surface area contributed by atoms with Crippen molar-refractivity contribution in [3.63, 3.8) is 0 Å². The fourth-order valence-electron chi connectivity index (χ4n) is 3.51. The first-order valence-electron chi connectivity index (χ1n) is 8.55. The summed E-state index contributed by atoms with van der Waals surface area (Å²) in [5.74, 6) is 2.88. The highest BCUT2D eigenvalue weighted by atomic mass is 16.6. The molecule has 1 aromatic carbocycles. The van der Waals surface area contributed by atoms with Gasteiger partial charge in [-0.25, -0.2) is 4.68 Å². The van der Waals surface area contributed by atoms with Crippen LogP contribution in [0.5, 0.6) is 11.5 Å². The van der Waals surface area contributed by atoms with Gasteiger partial charge in [-0.3, -0.25) is 4.79 Å². The van der Waals surface area contributed by atoms with E-state index in [0.717, 1.165) is 34.2 Å². The second-order valence-corrected chi connectivity index (χ2v) is 6.39. The van der Waals surface area contributed by atoms with Crippen molar-refractivity contribution in [1.82, 2.24) is 9.78 Å². The Balaban J connectivity index is 1.52. The molecular weight excluding hydrogens is 334 g/mol. The summed E-state index contributed by atoms with van der Waals surface area (Å²) in [5.41, 5.74) is 2.01. The average Bonchev–Trinajstić information content (AvgIpc) is 3.31. The minimum absolute atomic E-state index is 0.0291. The molecule has 0 aliphatic carbocycles. The number of nitrogens with one attached hydrogen (secondary N) is 1. The monoisotopic (exact) mass is 351 g/mol. The zero-order valence-corrected chi connectivity index (χ0v) is 14.0. The van der Waals surface area contributed by atoms with Crippen molar-refractivity contribution in [2.24, 2.45) is 0 Å². The number of hydrogen-bond donors (Lipinski definition) is 1. The number of amides is 1. The van der Waals surface area contributed by atoms with Crippen molar-refractivity contribution in [2.75, 3.05) is 18.5 Å². The van der Waals surface area contributed by atoms with Gasteiger partial charge in [0.15, 0.2) is 11.5 Å². The van der Waals surface area contributed by atoms with E-state index in [9.17, 15) is 4.79 Å². The van der Waals surface area contributed by atoms with Gasteiger partial charge in [-0.2, -0.15) is 5.10 Å². The first-order valence-corrected chi connectivity index (χ1v) is 8.55. The van der Waals surface area contributed by atoms with Crippen molar-refractivity contribution in [3.05, 3.63) is 59.7 Å². The summed E-state index contributed by atoms with van der Waals surface area (Å²) in [6, 6.07) is 9.58. The van der Waals surface area contributed by atoms with Gasteiger partial charge in [-0.1, -0.05) is 6.07 Å². The van der Waals surface area contributed by atoms with Gasteiger partial charge in [0, 0.05) is 17.9 Å². The molecule has 7 heteroatoms. The Hall–Kier alpha value is -3.22. The topological polar surface area (TPSA) is 78.5 Å². The van der Waals surface area contributed by atoms with Crippen LogP contribution in [0.4, 0.5) is 5.82 Å². The van der Waals surface area contributed by atoms with Crippen LogP contribution in [-0.2, 0) is 11.3 Å². The molecule has 0 bridgehead atoms. The van der Waals surface area contributed by atoms with Gasteiger partial charge in [0.2, 0.25) is 5.91 Å². The summed E-state index contributed by atoms with van der Waals surface area (Å²) >= 11 is 0. The maximum absolute atomic E-state index is 12.3. The number of carbonyl (C=O) groups is 1. The van der Waals surface area contributed by atoms with Crippen molar-refractivity contribution >= 4 is 11.7 Å². The van der Waals surface area contributed by atoms with E-state index < -0.39 is 0 Å². The summed E-state index contributed by atoms with van der Waals surface area (Å²) < 4.78 is 18.4. The van der Waals surface area contributed by atoms with Crippen LogP contribution in [0.3, 0.4) is 0 Å². The smallest absolute Gasteiger partial charge is 0.226 e. The number of aromatic nitrogens is 2. The van der Waals surface area contributed by atoms with Crippen molar-refractivity contribution in [1.29, 1.82) is 0 Å². The molecule has 2 aliphatic heterocycles. The van der Waals surface area contributed by atoms with Gasteiger partial charge in [0.25, 0.3) is 0 Å². The highest BCUT2D eigenvalue weighted by molar-refractivity contribution is 5.94. The van der Waals surface area contributed by atoms with Crippen LogP contribution in [0, 0.1) is 0 Å². The SMILES string of the molecule is O=C1C[C@@H](c2ccc3c(c2)OCCO3)c2cnn(Cc3ccco3)c2N1. The lowest BCUT2D eigenvalue weighted by atomic mass is 9.87. The number of benzene rings is 1. The molecule has 0 unspecified atom stereocenters. The molecular formula is C19H17N3O4. The first kappa shape index (κ1) is 15.1. The number of fused-ring (bicyclic) bond motifs is 2. The van der Waals surface area contributed by atoms with Crippen LogP contribution in [0.1, 0.15) is 29.2 Å². The largest absolute Gasteiger partial charge is 0.486 e. The van der Waals surface area contributed by atoms with E-state index in [1.807, 2.05) is 36.5 Å². The molecule has 26 heavy (non-hydrogen) atoms. The fraction of sp³-hybridized carbons (Fsp3) is 0.263. The summed E-state index contributed by atoms with van der Waals surface area (Å²) in [6.45, 7) is 1.56. The van der Waals surface area contributed by atoms with E-state index in [4.69, 9.17) is 13.9 Å². The van der Waals surface area contributed by atoms with Crippen LogP contribution in [0.2, 0.25) is 0 Å². The molecule has 5 rings (SSSR count). The summed E-state index contributed by atoms with van der Waals surface area (Å²) in [4.78, 5) is 12.3. The van der Waals surface area contributed by atoms with Gasteiger partial charge in [-0.05, 0) is 29.8 Å². The van der Waals surface area contributed by atoms with Crippen LogP contribution in [0.25, 0.3) is 0 Å². The lowest BCUT2D eigenvalue weighted by Crippen LogP contribution is -2.25. The standard InChI is InChI=1S/C19H17N3O4/c23-18-9-14(12-3-4-16-17(8-12)26-7-6-25-16)15-10-20-22(19(15)21-18)11-13-2-1-5-24-13/h1-5,8,10,14H,6-7,9,11H2,(H,21,23)/t14-/m0/s1. The van der Waals surface area contributed by atoms with Gasteiger partial charge >= 0.3 is 0 Å². The number of carbonyl (C=O) groups excluding carboxylic acids is 1. The number of nitrogens with zero attached hydrogens (tertiary/aromatic N) is 2. The van der Waals surface area contributed by atoms with Crippen LogP contribution in [0.15, 0.2) is 47.2 Å². The molecule has 3 aromatic rings. The van der Waals surface area contributed by atoms with Crippen LogP contribution >= 0.6 is 0 Å². The average molecular weight is 351 g/mol. The molecule has 1 amide bonds. The Bertz CT molecular complexity index is 961. The Morgan fingerprint density at radius 3 is 2.92 bits per heavy atom. The minimum Gasteiger partial charge on any atom is -0.486 e. The minimum atomic E-state index is -0.0695. The van der Waals surface area contributed by atoms with E-state index in [-0.39, 0.29) is 11.8 Å². The van der Waals surface area contributed by atoms with Gasteiger partial charge < -0.3 is 19.2 Å². The van der Waals surface area contributed by atoms with Crippen LogP contribution in [-0.4, -0.2) is 28.9 Å². The number of anilines is 1. The number of rotatable bonds is 3. The van der Waals surface area contributed by atoms with E-state index in [2.05, 4.69) is 10.4 Å². The molecule has 0 saturated carbocycles. The molecule has 1 N–H and O–H groups in total. The van der Waals surface area contributed by atoms with E-state index in [0.29, 0.717) is 26.2 Å². The lowest BCUT2D eigenvalue weighted by molar-refractivity contribution is -0.116. The zero-order valence-electron chi connectivity index (χ0n) is 14.0. The molecule has 0 saturated heterocycles. The molecule has 1 atom stereocenters. The van der Waals surface area contributed by atoms with Crippen LogP contribution < -0.4 is 14.8 Å². The Morgan fingerprint density at radius 2 is 2.08 bits per heavy atom. The summed E-state index contributed by atoms with van der Waals surface area (Å²) in [5, 5.41) is 7.40. The quantitative estimate of drug-likeness (QED) is 0.785. The molecule has 0 radical (unpaired) electrons. The maximum atomic E-state index is 12.3. The second kappa shape index (κ2) is 5.94. The predicted molar refractivity (Wildman–Crippen MR) is 92.6 cm³/mol. The molecule has 7 nitrogen and oxygen atoms in total. The van der Waals surface area contributed by atoms with E-state index in [1.54, 1.807) is 10.9 Å². The van der Waals surface area contributed by atoms with Crippen molar-refractivity contribution in [2.45, 2.75) is 18.9 Å². The molecule has 0 spiro atoms. The van der Waals surface area contributed by atoms with E-state index in [1.165, 1.54) is 0 Å². The van der Waals surface area contributed by atoms with Crippen molar-refractivity contribution in [3.8, 4) is 11.5 Å². The highest BCUT2D eigenvalue weighted by Gasteiger charge is 2.31. The molecule has 2 aliphatic rings. The third kappa shape index (κ3) is 2.52. The number of ether oxygens (including phenoxy) is 2. The molecule has 2 aromatic heterocycles. The normalized spacial score (nSPS) is 18.3.